The van der Waals surface area contributed by atoms with Gasteiger partial charge >= 0.3 is 0 Å². The van der Waals surface area contributed by atoms with Gasteiger partial charge in [-0.1, -0.05) is 44.2 Å². The van der Waals surface area contributed by atoms with E-state index in [0.29, 0.717) is 5.92 Å². The van der Waals surface area contributed by atoms with Crippen molar-refractivity contribution in [2.45, 2.75) is 33.1 Å². The van der Waals surface area contributed by atoms with Gasteiger partial charge in [0.05, 0.1) is 0 Å². The summed E-state index contributed by atoms with van der Waals surface area (Å²) >= 11 is 0. The number of aryl methyl sites for hydroxylation is 1. The number of carbonyl (C=O) groups is 1. The third-order valence-electron chi connectivity index (χ3n) is 4.17. The van der Waals surface area contributed by atoms with Crippen LogP contribution in [0.15, 0.2) is 48.5 Å². The Hall–Kier alpha value is -2.09. The maximum atomic E-state index is 12.9. The standard InChI is InChI=1S/C20H23NO/c1-15(2)13-16-7-5-9-18(14-16)20(22)21-12-6-10-17-8-3-4-11-19(17)21/h3-5,7-9,11,14-15H,6,10,12-13H2,1-2H3. The first kappa shape index (κ1) is 14.8. The number of nitrogens with zero attached hydrogens (tertiary/aromatic N) is 1. The van der Waals surface area contributed by atoms with Crippen LogP contribution in [0.4, 0.5) is 5.69 Å². The molecule has 0 saturated heterocycles. The number of fused-ring (bicyclic) bond motifs is 1. The molecule has 114 valence electrons. The molecule has 2 heteroatoms. The number of hydrogen-bond acceptors (Lipinski definition) is 1. The van der Waals surface area contributed by atoms with Crippen molar-refractivity contribution in [2.24, 2.45) is 5.92 Å². The van der Waals surface area contributed by atoms with Crippen molar-refractivity contribution in [3.05, 3.63) is 65.2 Å². The molecule has 0 N–H and O–H groups in total. The first-order chi connectivity index (χ1) is 10.6. The van der Waals surface area contributed by atoms with Crippen LogP contribution in [0, 0.1) is 5.92 Å². The molecule has 0 fully saturated rings. The van der Waals surface area contributed by atoms with Gasteiger partial charge in [0, 0.05) is 17.8 Å². The number of hydrogen-bond donors (Lipinski definition) is 0. The molecule has 0 radical (unpaired) electrons. The quantitative estimate of drug-likeness (QED) is 0.817. The molecule has 2 aromatic carbocycles. The molecule has 1 amide bonds. The van der Waals surface area contributed by atoms with Gasteiger partial charge < -0.3 is 4.90 Å². The highest BCUT2D eigenvalue weighted by Crippen LogP contribution is 2.28. The SMILES string of the molecule is CC(C)Cc1cccc(C(=O)N2CCCc3ccccc32)c1. The van der Waals surface area contributed by atoms with Crippen LogP contribution in [-0.4, -0.2) is 12.5 Å². The predicted octanol–water partition coefficient (Wildman–Crippen LogP) is 4.48. The largest absolute Gasteiger partial charge is 0.308 e. The van der Waals surface area contributed by atoms with E-state index in [9.17, 15) is 4.79 Å². The van der Waals surface area contributed by atoms with Gasteiger partial charge in [0.2, 0.25) is 0 Å². The zero-order valence-corrected chi connectivity index (χ0v) is 13.4. The summed E-state index contributed by atoms with van der Waals surface area (Å²) in [5.41, 5.74) is 4.40. The van der Waals surface area contributed by atoms with Gasteiger partial charge in [-0.15, -0.1) is 0 Å². The van der Waals surface area contributed by atoms with Crippen LogP contribution in [0.5, 0.6) is 0 Å². The topological polar surface area (TPSA) is 20.3 Å². The normalized spacial score (nSPS) is 14.0. The molecular formula is C20H23NO. The van der Waals surface area contributed by atoms with Gasteiger partial charge in [-0.2, -0.15) is 0 Å². The van der Waals surface area contributed by atoms with E-state index >= 15 is 0 Å². The molecule has 2 aromatic rings. The Balaban J connectivity index is 1.89. The first-order valence-electron chi connectivity index (χ1n) is 8.14. The monoisotopic (exact) mass is 293 g/mol. The predicted molar refractivity (Wildman–Crippen MR) is 91.4 cm³/mol. The fourth-order valence-corrected chi connectivity index (χ4v) is 3.20. The fourth-order valence-electron chi connectivity index (χ4n) is 3.20. The highest BCUT2D eigenvalue weighted by atomic mass is 16.2. The Bertz CT molecular complexity index is 675. The van der Waals surface area contributed by atoms with Crippen LogP contribution < -0.4 is 4.90 Å². The average Bonchev–Trinajstić information content (AvgIpc) is 2.53. The van der Waals surface area contributed by atoms with Crippen molar-refractivity contribution in [1.82, 2.24) is 0 Å². The van der Waals surface area contributed by atoms with Crippen molar-refractivity contribution < 1.29 is 4.79 Å². The lowest BCUT2D eigenvalue weighted by Crippen LogP contribution is -2.35. The van der Waals surface area contributed by atoms with E-state index in [2.05, 4.69) is 44.2 Å². The molecule has 0 atom stereocenters. The first-order valence-corrected chi connectivity index (χ1v) is 8.14. The number of amides is 1. The number of rotatable bonds is 3. The molecule has 1 aliphatic rings. The molecule has 0 unspecified atom stereocenters. The lowest BCUT2D eigenvalue weighted by Gasteiger charge is -2.29. The lowest BCUT2D eigenvalue weighted by molar-refractivity contribution is 0.0985. The van der Waals surface area contributed by atoms with Crippen molar-refractivity contribution in [1.29, 1.82) is 0 Å². The van der Waals surface area contributed by atoms with E-state index in [-0.39, 0.29) is 5.91 Å². The highest BCUT2D eigenvalue weighted by molar-refractivity contribution is 6.06. The Morgan fingerprint density at radius 1 is 1.14 bits per heavy atom. The number of benzene rings is 2. The Morgan fingerprint density at radius 2 is 1.95 bits per heavy atom. The maximum Gasteiger partial charge on any atom is 0.258 e. The molecule has 3 rings (SSSR count). The van der Waals surface area contributed by atoms with E-state index in [1.807, 2.05) is 23.1 Å². The number of para-hydroxylation sites is 1. The molecule has 0 saturated carbocycles. The third kappa shape index (κ3) is 3.06. The smallest absolute Gasteiger partial charge is 0.258 e. The van der Waals surface area contributed by atoms with Gasteiger partial charge in [-0.05, 0) is 54.5 Å². The van der Waals surface area contributed by atoms with Crippen LogP contribution >= 0.6 is 0 Å². The third-order valence-corrected chi connectivity index (χ3v) is 4.17. The summed E-state index contributed by atoms with van der Waals surface area (Å²) in [6.45, 7) is 5.22. The summed E-state index contributed by atoms with van der Waals surface area (Å²) in [7, 11) is 0. The average molecular weight is 293 g/mol. The van der Waals surface area contributed by atoms with E-state index < -0.39 is 0 Å². The zero-order chi connectivity index (χ0) is 15.5. The van der Waals surface area contributed by atoms with Gasteiger partial charge in [-0.3, -0.25) is 4.79 Å². The van der Waals surface area contributed by atoms with Crippen molar-refractivity contribution in [3.8, 4) is 0 Å². The van der Waals surface area contributed by atoms with E-state index in [1.54, 1.807) is 0 Å². The van der Waals surface area contributed by atoms with Crippen LogP contribution in [0.2, 0.25) is 0 Å². The number of carbonyl (C=O) groups excluding carboxylic acids is 1. The summed E-state index contributed by atoms with van der Waals surface area (Å²) in [5, 5.41) is 0. The Labute approximate surface area is 132 Å². The minimum atomic E-state index is 0.123. The minimum Gasteiger partial charge on any atom is -0.308 e. The van der Waals surface area contributed by atoms with Crippen LogP contribution in [0.25, 0.3) is 0 Å². The summed E-state index contributed by atoms with van der Waals surface area (Å²) in [5.74, 6) is 0.721. The summed E-state index contributed by atoms with van der Waals surface area (Å²) < 4.78 is 0. The second-order valence-corrected chi connectivity index (χ2v) is 6.49. The van der Waals surface area contributed by atoms with Crippen LogP contribution in [0.3, 0.4) is 0 Å². The molecule has 0 aromatic heterocycles. The molecule has 2 nitrogen and oxygen atoms in total. The second-order valence-electron chi connectivity index (χ2n) is 6.49. The summed E-state index contributed by atoms with van der Waals surface area (Å²) in [4.78, 5) is 14.9. The van der Waals surface area contributed by atoms with E-state index in [1.165, 1.54) is 11.1 Å². The molecule has 1 heterocycles. The minimum absolute atomic E-state index is 0.123. The van der Waals surface area contributed by atoms with Gasteiger partial charge in [0.25, 0.3) is 5.91 Å². The molecule has 0 bridgehead atoms. The van der Waals surface area contributed by atoms with Crippen molar-refractivity contribution in [3.63, 3.8) is 0 Å². The Morgan fingerprint density at radius 3 is 2.77 bits per heavy atom. The molecular weight excluding hydrogens is 270 g/mol. The second kappa shape index (κ2) is 6.35. The molecule has 1 aliphatic heterocycles. The molecule has 0 spiro atoms. The van der Waals surface area contributed by atoms with Crippen molar-refractivity contribution >= 4 is 11.6 Å². The van der Waals surface area contributed by atoms with Crippen molar-refractivity contribution in [2.75, 3.05) is 11.4 Å². The molecule has 0 aliphatic carbocycles. The van der Waals surface area contributed by atoms with Gasteiger partial charge in [0.1, 0.15) is 0 Å². The number of anilines is 1. The summed E-state index contributed by atoms with van der Waals surface area (Å²) in [6, 6.07) is 16.4. The molecule has 22 heavy (non-hydrogen) atoms. The van der Waals surface area contributed by atoms with Gasteiger partial charge in [-0.25, -0.2) is 0 Å². The fraction of sp³-hybridized carbons (Fsp3) is 0.350. The Kier molecular flexibility index (Phi) is 4.28. The van der Waals surface area contributed by atoms with E-state index in [4.69, 9.17) is 0 Å². The van der Waals surface area contributed by atoms with Gasteiger partial charge in [0.15, 0.2) is 0 Å². The highest BCUT2D eigenvalue weighted by Gasteiger charge is 2.23. The maximum absolute atomic E-state index is 12.9. The lowest BCUT2D eigenvalue weighted by atomic mass is 9.98. The summed E-state index contributed by atoms with van der Waals surface area (Å²) in [6.07, 6.45) is 3.11. The van der Waals surface area contributed by atoms with Crippen LogP contribution in [-0.2, 0) is 12.8 Å². The van der Waals surface area contributed by atoms with E-state index in [0.717, 1.165) is 37.1 Å². The zero-order valence-electron chi connectivity index (χ0n) is 13.4. The van der Waals surface area contributed by atoms with Crippen LogP contribution in [0.1, 0.15) is 41.8 Å².